The SMILES string of the molecule is CC1N(C)C=CN1C[P+](C)(c1ccccc1)c1ccccc1. The normalized spacial score (nSPS) is 18.0. The van der Waals surface area contributed by atoms with Crippen molar-refractivity contribution in [1.82, 2.24) is 9.80 Å². The lowest BCUT2D eigenvalue weighted by molar-refractivity contribution is 0.218. The van der Waals surface area contributed by atoms with Gasteiger partial charge >= 0.3 is 0 Å². The van der Waals surface area contributed by atoms with Gasteiger partial charge in [0.25, 0.3) is 0 Å². The van der Waals surface area contributed by atoms with Crippen molar-refractivity contribution in [2.45, 2.75) is 13.1 Å². The van der Waals surface area contributed by atoms with Crippen LogP contribution in [0, 0.1) is 0 Å². The zero-order chi connectivity index (χ0) is 15.6. The molecule has 114 valence electrons. The van der Waals surface area contributed by atoms with E-state index in [1.54, 1.807) is 0 Å². The second-order valence-electron chi connectivity index (χ2n) is 6.11. The quantitative estimate of drug-likeness (QED) is 0.799. The Balaban J connectivity index is 1.99. The Morgan fingerprint density at radius 2 is 1.36 bits per heavy atom. The minimum atomic E-state index is -1.44. The van der Waals surface area contributed by atoms with Gasteiger partial charge in [-0.05, 0) is 31.2 Å². The topological polar surface area (TPSA) is 6.48 Å². The highest BCUT2D eigenvalue weighted by molar-refractivity contribution is 7.88. The van der Waals surface area contributed by atoms with Gasteiger partial charge < -0.3 is 9.80 Å². The molecule has 0 saturated carbocycles. The molecule has 0 saturated heterocycles. The number of benzene rings is 2. The third-order valence-corrected chi connectivity index (χ3v) is 8.43. The molecule has 0 radical (unpaired) electrons. The van der Waals surface area contributed by atoms with Crippen molar-refractivity contribution in [2.24, 2.45) is 0 Å². The molecule has 0 bridgehead atoms. The molecule has 1 heterocycles. The fourth-order valence-corrected chi connectivity index (χ4v) is 6.26. The van der Waals surface area contributed by atoms with E-state index in [0.29, 0.717) is 6.17 Å². The number of nitrogens with zero attached hydrogens (tertiary/aromatic N) is 2. The lowest BCUT2D eigenvalue weighted by atomic mass is 10.4. The fourth-order valence-electron chi connectivity index (χ4n) is 2.99. The average Bonchev–Trinajstić information content (AvgIpc) is 2.88. The molecule has 1 aliphatic rings. The Morgan fingerprint density at radius 1 is 0.864 bits per heavy atom. The minimum absolute atomic E-state index is 0.423. The Morgan fingerprint density at radius 3 is 1.77 bits per heavy atom. The highest BCUT2D eigenvalue weighted by atomic mass is 31.2. The largest absolute Gasteiger partial charge is 0.359 e. The predicted octanol–water partition coefficient (Wildman–Crippen LogP) is 3.31. The van der Waals surface area contributed by atoms with Crippen LogP contribution >= 0.6 is 7.26 Å². The average molecular weight is 311 g/mol. The fraction of sp³-hybridized carbons (Fsp3) is 0.263. The first-order valence-corrected chi connectivity index (χ1v) is 10.2. The van der Waals surface area contributed by atoms with E-state index in [0.717, 1.165) is 6.29 Å². The Bertz CT molecular complexity index is 599. The summed E-state index contributed by atoms with van der Waals surface area (Å²) in [4.78, 5) is 4.73. The Kier molecular flexibility index (Phi) is 4.22. The van der Waals surface area contributed by atoms with Crippen molar-refractivity contribution in [3.8, 4) is 0 Å². The van der Waals surface area contributed by atoms with Crippen LogP contribution in [0.2, 0.25) is 0 Å². The lowest BCUT2D eigenvalue weighted by Crippen LogP contribution is -2.38. The van der Waals surface area contributed by atoms with E-state index in [2.05, 4.69) is 103 Å². The van der Waals surface area contributed by atoms with Gasteiger partial charge in [-0.15, -0.1) is 0 Å². The van der Waals surface area contributed by atoms with Crippen molar-refractivity contribution in [3.05, 3.63) is 73.1 Å². The molecule has 2 aromatic rings. The van der Waals surface area contributed by atoms with E-state index in [9.17, 15) is 0 Å². The molecule has 2 nitrogen and oxygen atoms in total. The molecule has 0 spiro atoms. The van der Waals surface area contributed by atoms with Crippen LogP contribution in [0.4, 0.5) is 0 Å². The van der Waals surface area contributed by atoms with Crippen molar-refractivity contribution in [3.63, 3.8) is 0 Å². The van der Waals surface area contributed by atoms with Crippen LogP contribution in [0.25, 0.3) is 0 Å². The summed E-state index contributed by atoms with van der Waals surface area (Å²) in [6, 6.07) is 22.0. The van der Waals surface area contributed by atoms with E-state index < -0.39 is 7.26 Å². The van der Waals surface area contributed by atoms with E-state index in [1.165, 1.54) is 10.6 Å². The van der Waals surface area contributed by atoms with Gasteiger partial charge in [0.2, 0.25) is 0 Å². The maximum atomic E-state index is 2.47. The summed E-state index contributed by atoms with van der Waals surface area (Å²) in [6.45, 7) is 4.72. The molecule has 22 heavy (non-hydrogen) atoms. The van der Waals surface area contributed by atoms with E-state index in [4.69, 9.17) is 0 Å². The summed E-state index contributed by atoms with van der Waals surface area (Å²) in [5, 5.41) is 2.94. The third-order valence-electron chi connectivity index (χ3n) is 4.66. The molecule has 0 amide bonds. The summed E-state index contributed by atoms with van der Waals surface area (Å²) in [5.41, 5.74) is 0. The molecular formula is C19H24N2P+. The Labute approximate surface area is 134 Å². The van der Waals surface area contributed by atoms with E-state index >= 15 is 0 Å². The third kappa shape index (κ3) is 2.76. The monoisotopic (exact) mass is 311 g/mol. The maximum absolute atomic E-state index is 2.47. The van der Waals surface area contributed by atoms with Gasteiger partial charge in [0, 0.05) is 19.4 Å². The van der Waals surface area contributed by atoms with E-state index in [1.807, 2.05) is 0 Å². The summed E-state index contributed by atoms with van der Waals surface area (Å²) >= 11 is 0. The molecule has 0 aromatic heterocycles. The number of rotatable bonds is 4. The predicted molar refractivity (Wildman–Crippen MR) is 98.1 cm³/mol. The first-order chi connectivity index (χ1) is 10.6. The second-order valence-corrected chi connectivity index (χ2v) is 9.81. The van der Waals surface area contributed by atoms with Crippen molar-refractivity contribution in [2.75, 3.05) is 20.0 Å². The first-order valence-electron chi connectivity index (χ1n) is 7.74. The second kappa shape index (κ2) is 6.14. The van der Waals surface area contributed by atoms with Gasteiger partial charge in [-0.2, -0.15) is 0 Å². The zero-order valence-electron chi connectivity index (χ0n) is 13.6. The van der Waals surface area contributed by atoms with Crippen LogP contribution in [0.3, 0.4) is 0 Å². The summed E-state index contributed by atoms with van der Waals surface area (Å²) in [6.07, 6.45) is 5.90. The number of hydrogen-bond donors (Lipinski definition) is 0. The van der Waals surface area contributed by atoms with Crippen LogP contribution < -0.4 is 10.6 Å². The molecule has 3 heteroatoms. The number of hydrogen-bond acceptors (Lipinski definition) is 2. The van der Waals surface area contributed by atoms with Gasteiger partial charge in [-0.25, -0.2) is 0 Å². The van der Waals surface area contributed by atoms with E-state index in [-0.39, 0.29) is 0 Å². The van der Waals surface area contributed by atoms with Gasteiger partial charge in [0.05, 0.1) is 13.9 Å². The maximum Gasteiger partial charge on any atom is 0.140 e. The van der Waals surface area contributed by atoms with Gasteiger partial charge in [0.15, 0.2) is 0 Å². The molecule has 2 aromatic carbocycles. The van der Waals surface area contributed by atoms with Crippen LogP contribution in [0.1, 0.15) is 6.92 Å². The molecule has 0 fully saturated rings. The van der Waals surface area contributed by atoms with Crippen molar-refractivity contribution in [1.29, 1.82) is 0 Å². The van der Waals surface area contributed by atoms with Crippen molar-refractivity contribution >= 4 is 17.9 Å². The van der Waals surface area contributed by atoms with Gasteiger partial charge in [0.1, 0.15) is 23.1 Å². The molecule has 0 N–H and O–H groups in total. The smallest absolute Gasteiger partial charge is 0.140 e. The van der Waals surface area contributed by atoms with Gasteiger partial charge in [-0.1, -0.05) is 36.4 Å². The molecule has 3 rings (SSSR count). The molecule has 1 unspecified atom stereocenters. The Hall–Kier alpha value is -1.79. The highest BCUT2D eigenvalue weighted by Crippen LogP contribution is 2.53. The highest BCUT2D eigenvalue weighted by Gasteiger charge is 2.40. The van der Waals surface area contributed by atoms with Gasteiger partial charge in [-0.3, -0.25) is 0 Å². The summed E-state index contributed by atoms with van der Waals surface area (Å²) in [7, 11) is 0.702. The lowest BCUT2D eigenvalue weighted by Gasteiger charge is -2.32. The summed E-state index contributed by atoms with van der Waals surface area (Å²) in [5.74, 6) is 0. The molecular weight excluding hydrogens is 287 g/mol. The summed E-state index contributed by atoms with van der Waals surface area (Å²) < 4.78 is 0. The van der Waals surface area contributed by atoms with Crippen LogP contribution in [-0.2, 0) is 0 Å². The zero-order valence-corrected chi connectivity index (χ0v) is 14.4. The van der Waals surface area contributed by atoms with Crippen molar-refractivity contribution < 1.29 is 0 Å². The van der Waals surface area contributed by atoms with Crippen LogP contribution in [0.15, 0.2) is 73.1 Å². The molecule has 1 aliphatic heterocycles. The minimum Gasteiger partial charge on any atom is -0.359 e. The standard InChI is InChI=1S/C19H24N2P/c1-17-20(2)14-15-21(17)16-22(3,18-10-6-4-7-11-18)19-12-8-5-9-13-19/h4-15,17H,16H2,1-3H3/q+1. The van der Waals surface area contributed by atoms with Crippen LogP contribution in [0.5, 0.6) is 0 Å². The van der Waals surface area contributed by atoms with Crippen LogP contribution in [-0.4, -0.2) is 36.0 Å². The first kappa shape index (κ1) is 15.1. The molecule has 0 aliphatic carbocycles. The molecule has 1 atom stereocenters.